The Bertz CT molecular complexity index is 281. The minimum absolute atomic E-state index is 0.620. The molecule has 0 spiro atoms. The highest BCUT2D eigenvalue weighted by Crippen LogP contribution is 2.22. The largest absolute Gasteiger partial charge is 0.369 e. The first-order valence-electron chi connectivity index (χ1n) is 3.85. The number of aromatic nitrogens is 1. The molecule has 0 amide bonds. The normalized spacial score (nSPS) is 10.1. The van der Waals surface area contributed by atoms with Gasteiger partial charge >= 0.3 is 0 Å². The average molecular weight is 284 g/mol. The molecule has 1 aromatic rings. The van der Waals surface area contributed by atoms with Crippen LogP contribution in [0.15, 0.2) is 16.7 Å². The third kappa shape index (κ3) is 3.71. The zero-order valence-corrected chi connectivity index (χ0v) is 9.95. The Hall–Kier alpha value is 0.01000. The zero-order chi connectivity index (χ0) is 9.68. The molecule has 0 bridgehead atoms. The Balaban J connectivity index is 2.56. The van der Waals surface area contributed by atoms with Crippen molar-refractivity contribution in [3.63, 3.8) is 0 Å². The Kier molecular flexibility index (Phi) is 4.84. The Morgan fingerprint density at radius 2 is 2.31 bits per heavy atom. The molecule has 1 heterocycles. The first kappa shape index (κ1) is 11.1. The fraction of sp³-hybridized carbons (Fsp3) is 0.375. The number of anilines is 1. The molecule has 5 heteroatoms. The second-order valence-electron chi connectivity index (χ2n) is 2.45. The quantitative estimate of drug-likeness (QED) is 0.675. The average Bonchev–Trinajstić information content (AvgIpc) is 2.09. The molecular weight excluding hydrogens is 275 g/mol. The summed E-state index contributed by atoms with van der Waals surface area (Å²) in [7, 11) is 0. The van der Waals surface area contributed by atoms with Gasteiger partial charge in [0.05, 0.1) is 9.50 Å². The number of alkyl halides is 1. The van der Waals surface area contributed by atoms with Crippen LogP contribution in [0.25, 0.3) is 0 Å². The number of hydrogen-bond acceptors (Lipinski definition) is 2. The number of hydrogen-bond donors (Lipinski definition) is 1. The molecular formula is C8H9BrCl2N2. The summed E-state index contributed by atoms with van der Waals surface area (Å²) >= 11 is 14.6. The van der Waals surface area contributed by atoms with E-state index in [-0.39, 0.29) is 0 Å². The lowest BCUT2D eigenvalue weighted by atomic mass is 10.4. The van der Waals surface area contributed by atoms with Crippen LogP contribution in [0.5, 0.6) is 0 Å². The van der Waals surface area contributed by atoms with Crippen molar-refractivity contribution >= 4 is 44.9 Å². The first-order valence-corrected chi connectivity index (χ1v) is 5.55. The third-order valence-electron chi connectivity index (χ3n) is 1.41. The number of halogens is 3. The topological polar surface area (TPSA) is 24.9 Å². The number of nitrogens with one attached hydrogen (secondary N) is 1. The van der Waals surface area contributed by atoms with Gasteiger partial charge in [-0.2, -0.15) is 0 Å². The monoisotopic (exact) mass is 282 g/mol. The lowest BCUT2D eigenvalue weighted by Crippen LogP contribution is -2.04. The Morgan fingerprint density at radius 1 is 1.54 bits per heavy atom. The second-order valence-corrected chi connectivity index (χ2v) is 4.12. The Labute approximate surface area is 95.8 Å². The van der Waals surface area contributed by atoms with E-state index in [1.165, 1.54) is 0 Å². The molecule has 0 aliphatic carbocycles. The molecule has 0 fully saturated rings. The fourth-order valence-electron chi connectivity index (χ4n) is 0.818. The zero-order valence-electron chi connectivity index (χ0n) is 6.86. The van der Waals surface area contributed by atoms with Crippen molar-refractivity contribution in [2.45, 2.75) is 6.42 Å². The molecule has 0 unspecified atom stereocenters. The van der Waals surface area contributed by atoms with Crippen molar-refractivity contribution in [1.82, 2.24) is 4.98 Å². The van der Waals surface area contributed by atoms with E-state index in [4.69, 9.17) is 23.2 Å². The molecule has 1 rings (SSSR count). The summed E-state index contributed by atoms with van der Waals surface area (Å²) in [5, 5.41) is 3.76. The minimum atomic E-state index is 0.620. The maximum Gasteiger partial charge on any atom is 0.140 e. The molecule has 1 aromatic heterocycles. The number of pyridine rings is 1. The molecule has 0 aliphatic rings. The highest BCUT2D eigenvalue weighted by molar-refractivity contribution is 9.10. The van der Waals surface area contributed by atoms with Crippen LogP contribution in [-0.2, 0) is 0 Å². The van der Waals surface area contributed by atoms with Crippen LogP contribution in [-0.4, -0.2) is 17.4 Å². The summed E-state index contributed by atoms with van der Waals surface area (Å²) in [4.78, 5) is 4.12. The van der Waals surface area contributed by atoms with Gasteiger partial charge in [0, 0.05) is 18.6 Å². The van der Waals surface area contributed by atoms with E-state index in [9.17, 15) is 0 Å². The van der Waals surface area contributed by atoms with Crippen LogP contribution in [0.2, 0.25) is 5.02 Å². The fourth-order valence-corrected chi connectivity index (χ4v) is 1.73. The van der Waals surface area contributed by atoms with E-state index in [0.29, 0.717) is 10.9 Å². The predicted molar refractivity (Wildman–Crippen MR) is 60.8 cm³/mol. The first-order chi connectivity index (χ1) is 6.24. The van der Waals surface area contributed by atoms with Crippen molar-refractivity contribution < 1.29 is 0 Å². The second kappa shape index (κ2) is 5.68. The molecule has 72 valence electrons. The van der Waals surface area contributed by atoms with Crippen LogP contribution in [0, 0.1) is 0 Å². The van der Waals surface area contributed by atoms with Crippen molar-refractivity contribution in [3.05, 3.63) is 21.8 Å². The van der Waals surface area contributed by atoms with Crippen molar-refractivity contribution in [1.29, 1.82) is 0 Å². The highest BCUT2D eigenvalue weighted by atomic mass is 79.9. The molecule has 0 aromatic carbocycles. The van der Waals surface area contributed by atoms with Gasteiger partial charge in [0.1, 0.15) is 5.82 Å². The lowest BCUT2D eigenvalue weighted by Gasteiger charge is -2.05. The van der Waals surface area contributed by atoms with Gasteiger partial charge in [-0.3, -0.25) is 0 Å². The van der Waals surface area contributed by atoms with Gasteiger partial charge in [0.25, 0.3) is 0 Å². The lowest BCUT2D eigenvalue weighted by molar-refractivity contribution is 0.974. The molecule has 1 N–H and O–H groups in total. The smallest absolute Gasteiger partial charge is 0.140 e. The van der Waals surface area contributed by atoms with Gasteiger partial charge in [-0.25, -0.2) is 4.98 Å². The molecule has 0 radical (unpaired) electrons. The summed E-state index contributed by atoms with van der Waals surface area (Å²) in [6, 6.07) is 1.80. The van der Waals surface area contributed by atoms with E-state index >= 15 is 0 Å². The van der Waals surface area contributed by atoms with Gasteiger partial charge in [-0.1, -0.05) is 11.6 Å². The Morgan fingerprint density at radius 3 is 2.92 bits per heavy atom. The summed E-state index contributed by atoms with van der Waals surface area (Å²) in [6.07, 6.45) is 2.52. The van der Waals surface area contributed by atoms with Gasteiger partial charge in [0.15, 0.2) is 0 Å². The molecule has 0 atom stereocenters. The van der Waals surface area contributed by atoms with Gasteiger partial charge in [0.2, 0.25) is 0 Å². The van der Waals surface area contributed by atoms with Crippen molar-refractivity contribution in [2.24, 2.45) is 0 Å². The molecule has 0 aliphatic heterocycles. The minimum Gasteiger partial charge on any atom is -0.369 e. The van der Waals surface area contributed by atoms with Crippen LogP contribution in [0.3, 0.4) is 0 Å². The van der Waals surface area contributed by atoms with E-state index < -0.39 is 0 Å². The molecule has 0 saturated heterocycles. The van der Waals surface area contributed by atoms with Crippen molar-refractivity contribution in [3.8, 4) is 0 Å². The molecule has 13 heavy (non-hydrogen) atoms. The maximum atomic E-state index is 5.74. The third-order valence-corrected chi connectivity index (χ3v) is 2.49. The maximum absolute atomic E-state index is 5.74. The van der Waals surface area contributed by atoms with E-state index in [1.54, 1.807) is 12.3 Å². The predicted octanol–water partition coefficient (Wildman–Crippen LogP) is 3.54. The summed E-state index contributed by atoms with van der Waals surface area (Å²) < 4.78 is 0.870. The number of nitrogens with zero attached hydrogens (tertiary/aromatic N) is 1. The summed E-state index contributed by atoms with van der Waals surface area (Å²) in [5.41, 5.74) is 0. The molecule has 0 saturated carbocycles. The van der Waals surface area contributed by atoms with Crippen LogP contribution in [0.1, 0.15) is 6.42 Å². The summed E-state index contributed by atoms with van der Waals surface area (Å²) in [6.45, 7) is 0.816. The highest BCUT2D eigenvalue weighted by Gasteiger charge is 2.00. The van der Waals surface area contributed by atoms with Crippen LogP contribution in [0.4, 0.5) is 5.82 Å². The van der Waals surface area contributed by atoms with Crippen LogP contribution >= 0.6 is 39.1 Å². The van der Waals surface area contributed by atoms with Crippen molar-refractivity contribution in [2.75, 3.05) is 17.7 Å². The molecule has 2 nitrogen and oxygen atoms in total. The van der Waals surface area contributed by atoms with E-state index in [1.807, 2.05) is 0 Å². The van der Waals surface area contributed by atoms with Gasteiger partial charge in [-0.15, -0.1) is 11.6 Å². The summed E-state index contributed by atoms with van der Waals surface area (Å²) in [5.74, 6) is 1.45. The number of rotatable bonds is 4. The standard InChI is InChI=1S/C8H9BrCl2N2/c9-7-4-6(11)5-13-8(7)12-3-1-2-10/h4-5H,1-3H2,(H,12,13). The van der Waals surface area contributed by atoms with Gasteiger partial charge in [-0.05, 0) is 28.4 Å². The SMILES string of the molecule is ClCCCNc1ncc(Cl)cc1Br. The van der Waals surface area contributed by atoms with E-state index in [2.05, 4.69) is 26.2 Å². The van der Waals surface area contributed by atoms with E-state index in [0.717, 1.165) is 23.3 Å². The van der Waals surface area contributed by atoms with Crippen LogP contribution < -0.4 is 5.32 Å². The van der Waals surface area contributed by atoms with Gasteiger partial charge < -0.3 is 5.32 Å².